The molecule has 16 heavy (non-hydrogen) atoms. The standard InChI is InChI=1S/C12H11NO3/c1-2-11(14)13-10-5-3-9(4-6-10)12-15-7-8-16-12/h2-8,12H,1H2,(H,13,14). The van der Waals surface area contributed by atoms with Crippen molar-refractivity contribution in [2.75, 3.05) is 5.32 Å². The van der Waals surface area contributed by atoms with E-state index in [-0.39, 0.29) is 12.2 Å². The van der Waals surface area contributed by atoms with Crippen LogP contribution in [0.1, 0.15) is 11.9 Å². The van der Waals surface area contributed by atoms with Crippen LogP contribution in [0.4, 0.5) is 5.69 Å². The van der Waals surface area contributed by atoms with Crippen LogP contribution >= 0.6 is 0 Å². The van der Waals surface area contributed by atoms with E-state index in [9.17, 15) is 4.79 Å². The first-order valence-corrected chi connectivity index (χ1v) is 4.79. The Morgan fingerprint density at radius 2 is 1.88 bits per heavy atom. The summed E-state index contributed by atoms with van der Waals surface area (Å²) < 4.78 is 10.3. The van der Waals surface area contributed by atoms with Crippen LogP contribution in [0.3, 0.4) is 0 Å². The molecule has 1 heterocycles. The molecule has 2 rings (SSSR count). The van der Waals surface area contributed by atoms with Crippen molar-refractivity contribution in [1.29, 1.82) is 0 Å². The highest BCUT2D eigenvalue weighted by Crippen LogP contribution is 2.24. The largest absolute Gasteiger partial charge is 0.455 e. The summed E-state index contributed by atoms with van der Waals surface area (Å²) in [4.78, 5) is 11.0. The number of nitrogens with one attached hydrogen (secondary N) is 1. The van der Waals surface area contributed by atoms with E-state index in [0.717, 1.165) is 5.56 Å². The van der Waals surface area contributed by atoms with Gasteiger partial charge in [0.25, 0.3) is 6.29 Å². The van der Waals surface area contributed by atoms with Crippen molar-refractivity contribution >= 4 is 11.6 Å². The molecular weight excluding hydrogens is 206 g/mol. The molecule has 82 valence electrons. The van der Waals surface area contributed by atoms with Crippen LogP contribution in [-0.4, -0.2) is 5.91 Å². The summed E-state index contributed by atoms with van der Waals surface area (Å²) in [5.74, 6) is -0.234. The molecule has 1 aromatic rings. The van der Waals surface area contributed by atoms with E-state index in [0.29, 0.717) is 5.69 Å². The fourth-order valence-corrected chi connectivity index (χ4v) is 1.31. The van der Waals surface area contributed by atoms with Gasteiger partial charge in [-0.25, -0.2) is 0 Å². The van der Waals surface area contributed by atoms with Gasteiger partial charge in [-0.3, -0.25) is 4.79 Å². The molecular formula is C12H11NO3. The molecule has 0 bridgehead atoms. The molecule has 1 amide bonds. The van der Waals surface area contributed by atoms with Crippen LogP contribution in [0.15, 0.2) is 49.4 Å². The summed E-state index contributed by atoms with van der Waals surface area (Å²) in [6, 6.07) is 7.22. The van der Waals surface area contributed by atoms with Crippen molar-refractivity contribution in [3.63, 3.8) is 0 Å². The number of anilines is 1. The van der Waals surface area contributed by atoms with Gasteiger partial charge < -0.3 is 14.8 Å². The lowest BCUT2D eigenvalue weighted by Gasteiger charge is -2.10. The van der Waals surface area contributed by atoms with Crippen LogP contribution in [-0.2, 0) is 14.3 Å². The molecule has 0 saturated heterocycles. The summed E-state index contributed by atoms with van der Waals surface area (Å²) in [6.45, 7) is 3.38. The van der Waals surface area contributed by atoms with Gasteiger partial charge in [0.2, 0.25) is 5.91 Å². The van der Waals surface area contributed by atoms with Gasteiger partial charge in [0.05, 0.1) is 0 Å². The second-order valence-electron chi connectivity index (χ2n) is 3.19. The van der Waals surface area contributed by atoms with Gasteiger partial charge in [-0.15, -0.1) is 0 Å². The highest BCUT2D eigenvalue weighted by molar-refractivity contribution is 5.98. The van der Waals surface area contributed by atoms with Crippen molar-refractivity contribution in [3.05, 3.63) is 55.0 Å². The van der Waals surface area contributed by atoms with Gasteiger partial charge in [-0.1, -0.05) is 6.58 Å². The van der Waals surface area contributed by atoms with Crippen molar-refractivity contribution in [2.24, 2.45) is 0 Å². The molecule has 0 aromatic heterocycles. The van der Waals surface area contributed by atoms with Crippen molar-refractivity contribution in [3.8, 4) is 0 Å². The Hall–Kier alpha value is -2.23. The fraction of sp³-hybridized carbons (Fsp3) is 0.0833. The number of hydrogen-bond acceptors (Lipinski definition) is 3. The average molecular weight is 217 g/mol. The molecule has 0 fully saturated rings. The number of ether oxygens (including phenoxy) is 2. The Morgan fingerprint density at radius 3 is 2.44 bits per heavy atom. The maximum Gasteiger partial charge on any atom is 0.266 e. The Labute approximate surface area is 93.2 Å². The number of benzene rings is 1. The molecule has 0 atom stereocenters. The van der Waals surface area contributed by atoms with Crippen LogP contribution < -0.4 is 5.32 Å². The van der Waals surface area contributed by atoms with Crippen LogP contribution in [0, 0.1) is 0 Å². The predicted molar refractivity (Wildman–Crippen MR) is 59.3 cm³/mol. The molecule has 0 spiro atoms. The Balaban J connectivity index is 2.04. The summed E-state index contributed by atoms with van der Waals surface area (Å²) >= 11 is 0. The molecule has 0 aliphatic carbocycles. The van der Waals surface area contributed by atoms with Gasteiger partial charge in [0.1, 0.15) is 12.5 Å². The topological polar surface area (TPSA) is 47.6 Å². The lowest BCUT2D eigenvalue weighted by Crippen LogP contribution is -2.07. The molecule has 1 aromatic carbocycles. The van der Waals surface area contributed by atoms with E-state index >= 15 is 0 Å². The SMILES string of the molecule is C=CC(=O)Nc1ccc(C2OC=CO2)cc1. The third-order valence-corrected chi connectivity index (χ3v) is 2.10. The van der Waals surface area contributed by atoms with Gasteiger partial charge >= 0.3 is 0 Å². The zero-order chi connectivity index (χ0) is 11.4. The zero-order valence-corrected chi connectivity index (χ0v) is 8.55. The number of carbonyl (C=O) groups excluding carboxylic acids is 1. The zero-order valence-electron chi connectivity index (χ0n) is 8.55. The Morgan fingerprint density at radius 1 is 1.25 bits per heavy atom. The highest BCUT2D eigenvalue weighted by Gasteiger charge is 2.14. The summed E-state index contributed by atoms with van der Waals surface area (Å²) in [6.07, 6.45) is 3.83. The second kappa shape index (κ2) is 4.53. The van der Waals surface area contributed by atoms with Crippen LogP contribution in [0.2, 0.25) is 0 Å². The lowest BCUT2D eigenvalue weighted by molar-refractivity contribution is -0.111. The maximum absolute atomic E-state index is 11.0. The molecule has 1 N–H and O–H groups in total. The second-order valence-corrected chi connectivity index (χ2v) is 3.19. The third kappa shape index (κ3) is 2.23. The molecule has 4 nitrogen and oxygen atoms in total. The smallest absolute Gasteiger partial charge is 0.266 e. The summed E-state index contributed by atoms with van der Waals surface area (Å²) in [5.41, 5.74) is 1.60. The van der Waals surface area contributed by atoms with Crippen LogP contribution in [0.25, 0.3) is 0 Å². The number of amides is 1. The highest BCUT2D eigenvalue weighted by atomic mass is 16.7. The molecule has 0 saturated carbocycles. The van der Waals surface area contributed by atoms with E-state index in [2.05, 4.69) is 11.9 Å². The summed E-state index contributed by atoms with van der Waals surface area (Å²) in [7, 11) is 0. The summed E-state index contributed by atoms with van der Waals surface area (Å²) in [5, 5.41) is 2.66. The molecule has 0 unspecified atom stereocenters. The number of rotatable bonds is 3. The minimum atomic E-state index is -0.385. The van der Waals surface area contributed by atoms with E-state index in [1.54, 1.807) is 12.1 Å². The van der Waals surface area contributed by atoms with Crippen molar-refractivity contribution < 1.29 is 14.3 Å². The normalized spacial score (nSPS) is 14.0. The predicted octanol–water partition coefficient (Wildman–Crippen LogP) is 2.33. The number of carbonyl (C=O) groups is 1. The molecule has 0 radical (unpaired) electrons. The van der Waals surface area contributed by atoms with E-state index in [1.807, 2.05) is 12.1 Å². The maximum atomic E-state index is 11.0. The monoisotopic (exact) mass is 217 g/mol. The molecule has 1 aliphatic heterocycles. The Kier molecular flexibility index (Phi) is 2.91. The first kappa shape index (κ1) is 10.3. The molecule has 4 heteroatoms. The van der Waals surface area contributed by atoms with Gasteiger partial charge in [-0.2, -0.15) is 0 Å². The fourth-order valence-electron chi connectivity index (χ4n) is 1.31. The minimum Gasteiger partial charge on any atom is -0.455 e. The lowest BCUT2D eigenvalue weighted by atomic mass is 10.2. The first-order valence-electron chi connectivity index (χ1n) is 4.79. The number of hydrogen-bond donors (Lipinski definition) is 1. The van der Waals surface area contributed by atoms with Gasteiger partial charge in [-0.05, 0) is 30.3 Å². The average Bonchev–Trinajstić information content (AvgIpc) is 2.83. The van der Waals surface area contributed by atoms with Crippen LogP contribution in [0.5, 0.6) is 0 Å². The van der Waals surface area contributed by atoms with Crippen molar-refractivity contribution in [2.45, 2.75) is 6.29 Å². The van der Waals surface area contributed by atoms with Crippen molar-refractivity contribution in [1.82, 2.24) is 0 Å². The quantitative estimate of drug-likeness (QED) is 0.790. The third-order valence-electron chi connectivity index (χ3n) is 2.10. The van der Waals surface area contributed by atoms with Gasteiger partial charge in [0, 0.05) is 11.3 Å². The molecule has 1 aliphatic rings. The van der Waals surface area contributed by atoms with E-state index in [4.69, 9.17) is 9.47 Å². The van der Waals surface area contributed by atoms with E-state index < -0.39 is 0 Å². The first-order chi connectivity index (χ1) is 7.79. The van der Waals surface area contributed by atoms with E-state index in [1.165, 1.54) is 18.6 Å². The Bertz CT molecular complexity index is 414. The van der Waals surface area contributed by atoms with Gasteiger partial charge in [0.15, 0.2) is 0 Å². The minimum absolute atomic E-state index is 0.234.